The summed E-state index contributed by atoms with van der Waals surface area (Å²) in [5.74, 6) is 0.781. The fourth-order valence-electron chi connectivity index (χ4n) is 3.85. The van der Waals surface area contributed by atoms with E-state index >= 15 is 0 Å². The summed E-state index contributed by atoms with van der Waals surface area (Å²) in [7, 11) is 0. The maximum Gasteiger partial charge on any atom is 0.0695 e. The summed E-state index contributed by atoms with van der Waals surface area (Å²) in [6.07, 6.45) is 9.84. The number of rotatable bonds is 7. The summed E-state index contributed by atoms with van der Waals surface area (Å²) in [5, 5.41) is 10.5. The number of hydrogen-bond acceptors (Lipinski definition) is 2. The first kappa shape index (κ1) is 16.3. The first-order valence-corrected chi connectivity index (χ1v) is 8.93. The summed E-state index contributed by atoms with van der Waals surface area (Å²) >= 11 is 0. The van der Waals surface area contributed by atoms with Crippen LogP contribution in [0, 0.1) is 11.3 Å². The molecule has 0 aromatic carbocycles. The van der Waals surface area contributed by atoms with Crippen LogP contribution in [0.25, 0.3) is 0 Å². The highest BCUT2D eigenvalue weighted by Gasteiger charge is 2.42. The van der Waals surface area contributed by atoms with Crippen molar-refractivity contribution in [2.24, 2.45) is 11.3 Å². The van der Waals surface area contributed by atoms with E-state index in [0.717, 1.165) is 18.4 Å². The predicted molar refractivity (Wildman–Crippen MR) is 85.8 cm³/mol. The van der Waals surface area contributed by atoms with E-state index in [4.69, 9.17) is 0 Å². The molecule has 2 saturated carbocycles. The van der Waals surface area contributed by atoms with E-state index in [-0.39, 0.29) is 6.10 Å². The van der Waals surface area contributed by atoms with Crippen LogP contribution in [0.3, 0.4) is 0 Å². The Hall–Kier alpha value is -0.0800. The maximum absolute atomic E-state index is 10.5. The molecule has 0 spiro atoms. The van der Waals surface area contributed by atoms with Crippen LogP contribution in [0.2, 0.25) is 0 Å². The molecule has 2 rings (SSSR count). The highest BCUT2D eigenvalue weighted by Crippen LogP contribution is 2.43. The smallest absolute Gasteiger partial charge is 0.0695 e. The average Bonchev–Trinajstić information content (AvgIpc) is 3.25. The Morgan fingerprint density at radius 2 is 1.80 bits per heavy atom. The summed E-state index contributed by atoms with van der Waals surface area (Å²) < 4.78 is 0. The van der Waals surface area contributed by atoms with Crippen LogP contribution >= 0.6 is 0 Å². The molecule has 2 fully saturated rings. The van der Waals surface area contributed by atoms with Gasteiger partial charge in [-0.1, -0.05) is 40.5 Å². The molecule has 2 nitrogen and oxygen atoms in total. The Bertz CT molecular complexity index is 298. The topological polar surface area (TPSA) is 23.5 Å². The number of hydrogen-bond donors (Lipinski definition) is 1. The second-order valence-corrected chi connectivity index (χ2v) is 7.81. The number of nitrogens with zero attached hydrogens (tertiary/aromatic N) is 1. The van der Waals surface area contributed by atoms with Gasteiger partial charge in [-0.15, -0.1) is 0 Å². The van der Waals surface area contributed by atoms with E-state index in [0.29, 0.717) is 11.5 Å². The third kappa shape index (κ3) is 3.76. The van der Waals surface area contributed by atoms with E-state index in [1.807, 2.05) is 0 Å². The third-order valence-corrected chi connectivity index (χ3v) is 6.01. The summed E-state index contributed by atoms with van der Waals surface area (Å²) in [5.41, 5.74) is 0.429. The van der Waals surface area contributed by atoms with E-state index in [1.165, 1.54) is 51.5 Å². The molecule has 0 aromatic rings. The molecule has 0 saturated heterocycles. The van der Waals surface area contributed by atoms with Gasteiger partial charge in [0, 0.05) is 12.1 Å². The van der Waals surface area contributed by atoms with Crippen molar-refractivity contribution in [2.45, 2.75) is 97.2 Å². The van der Waals surface area contributed by atoms with Crippen LogP contribution in [0.5, 0.6) is 0 Å². The van der Waals surface area contributed by atoms with Crippen molar-refractivity contribution < 1.29 is 5.11 Å². The molecular formula is C18H35NO. The van der Waals surface area contributed by atoms with Gasteiger partial charge in [-0.3, -0.25) is 4.90 Å². The van der Waals surface area contributed by atoms with E-state index in [1.54, 1.807) is 0 Å². The zero-order valence-corrected chi connectivity index (χ0v) is 14.1. The van der Waals surface area contributed by atoms with Crippen molar-refractivity contribution >= 4 is 0 Å². The van der Waals surface area contributed by atoms with Crippen LogP contribution < -0.4 is 0 Å². The number of aliphatic hydroxyl groups excluding tert-OH is 1. The highest BCUT2D eigenvalue weighted by atomic mass is 16.3. The van der Waals surface area contributed by atoms with Gasteiger partial charge in [0.1, 0.15) is 0 Å². The lowest BCUT2D eigenvalue weighted by Gasteiger charge is -2.45. The third-order valence-electron chi connectivity index (χ3n) is 6.01. The van der Waals surface area contributed by atoms with Crippen molar-refractivity contribution in [1.82, 2.24) is 4.90 Å². The second-order valence-electron chi connectivity index (χ2n) is 7.81. The predicted octanol–water partition coefficient (Wildman–Crippen LogP) is 4.22. The van der Waals surface area contributed by atoms with E-state index < -0.39 is 0 Å². The van der Waals surface area contributed by atoms with Crippen molar-refractivity contribution in [1.29, 1.82) is 0 Å². The van der Waals surface area contributed by atoms with Gasteiger partial charge in [0.15, 0.2) is 0 Å². The number of unbranched alkanes of at least 4 members (excludes halogenated alkanes) is 1. The Morgan fingerprint density at radius 1 is 1.10 bits per heavy atom. The Kier molecular flexibility index (Phi) is 5.53. The van der Waals surface area contributed by atoms with Gasteiger partial charge in [-0.25, -0.2) is 0 Å². The average molecular weight is 281 g/mol. The molecule has 3 atom stereocenters. The van der Waals surface area contributed by atoms with Gasteiger partial charge in [-0.05, 0) is 56.4 Å². The molecular weight excluding hydrogens is 246 g/mol. The van der Waals surface area contributed by atoms with Gasteiger partial charge in [-0.2, -0.15) is 0 Å². The van der Waals surface area contributed by atoms with Gasteiger partial charge in [0.25, 0.3) is 0 Å². The van der Waals surface area contributed by atoms with Gasteiger partial charge < -0.3 is 5.11 Å². The minimum absolute atomic E-state index is 0.0867. The van der Waals surface area contributed by atoms with Crippen molar-refractivity contribution in [2.75, 3.05) is 6.54 Å². The van der Waals surface area contributed by atoms with Crippen molar-refractivity contribution in [3.8, 4) is 0 Å². The molecule has 0 heterocycles. The Labute approximate surface area is 125 Å². The van der Waals surface area contributed by atoms with Crippen molar-refractivity contribution in [3.05, 3.63) is 0 Å². The Balaban J connectivity index is 2.02. The van der Waals surface area contributed by atoms with Crippen LogP contribution in [0.4, 0.5) is 0 Å². The molecule has 0 bridgehead atoms. The molecule has 2 heteroatoms. The zero-order valence-electron chi connectivity index (χ0n) is 14.1. The number of aliphatic hydroxyl groups is 1. The minimum atomic E-state index is -0.0867. The molecule has 118 valence electrons. The lowest BCUT2D eigenvalue weighted by Crippen LogP contribution is -2.50. The summed E-state index contributed by atoms with van der Waals surface area (Å²) in [6, 6.07) is 1.21. The summed E-state index contributed by atoms with van der Waals surface area (Å²) in [4.78, 5) is 2.67. The SMILES string of the molecule is CCCCN(C1CC1)C1CC(C(C)(C)CC)CCC1O. The quantitative estimate of drug-likeness (QED) is 0.755. The molecule has 0 aromatic heterocycles. The molecule has 0 aliphatic heterocycles. The Morgan fingerprint density at radius 3 is 2.35 bits per heavy atom. The fourth-order valence-corrected chi connectivity index (χ4v) is 3.85. The van der Waals surface area contributed by atoms with E-state index in [9.17, 15) is 5.11 Å². The monoisotopic (exact) mass is 281 g/mol. The van der Waals surface area contributed by atoms with Crippen LogP contribution in [0.15, 0.2) is 0 Å². The summed E-state index contributed by atoms with van der Waals surface area (Å²) in [6.45, 7) is 10.6. The minimum Gasteiger partial charge on any atom is -0.391 e. The maximum atomic E-state index is 10.5. The molecule has 1 N–H and O–H groups in total. The molecule has 3 unspecified atom stereocenters. The van der Waals surface area contributed by atoms with Crippen LogP contribution in [-0.2, 0) is 0 Å². The standard InChI is InChI=1S/C18H35NO/c1-5-7-12-19(15-9-10-15)16-13-14(8-11-17(16)20)18(3,4)6-2/h14-17,20H,5-13H2,1-4H3. The highest BCUT2D eigenvalue weighted by molar-refractivity contribution is 4.96. The van der Waals surface area contributed by atoms with Crippen molar-refractivity contribution in [3.63, 3.8) is 0 Å². The molecule has 2 aliphatic rings. The van der Waals surface area contributed by atoms with Gasteiger partial charge >= 0.3 is 0 Å². The fraction of sp³-hybridized carbons (Fsp3) is 1.00. The first-order chi connectivity index (χ1) is 9.49. The molecule has 2 aliphatic carbocycles. The normalized spacial score (nSPS) is 31.8. The zero-order chi connectivity index (χ0) is 14.8. The first-order valence-electron chi connectivity index (χ1n) is 8.93. The molecule has 20 heavy (non-hydrogen) atoms. The molecule has 0 amide bonds. The second kappa shape index (κ2) is 6.79. The van der Waals surface area contributed by atoms with Gasteiger partial charge in [0.2, 0.25) is 0 Å². The lowest BCUT2D eigenvalue weighted by molar-refractivity contribution is -0.0246. The van der Waals surface area contributed by atoms with Crippen LogP contribution in [-0.4, -0.2) is 34.7 Å². The molecule has 0 radical (unpaired) electrons. The largest absolute Gasteiger partial charge is 0.391 e. The van der Waals surface area contributed by atoms with Gasteiger partial charge in [0.05, 0.1) is 6.10 Å². The van der Waals surface area contributed by atoms with Crippen LogP contribution in [0.1, 0.15) is 79.1 Å². The van der Waals surface area contributed by atoms with E-state index in [2.05, 4.69) is 32.6 Å². The lowest BCUT2D eigenvalue weighted by atomic mass is 9.67.